The first kappa shape index (κ1) is 12.8. The molecule has 0 aliphatic heterocycles. The number of rotatable bonds is 0. The minimum absolute atomic E-state index is 0.0914. The van der Waals surface area contributed by atoms with Gasteiger partial charge in [-0.25, -0.2) is 0 Å². The van der Waals surface area contributed by atoms with Crippen LogP contribution in [0.15, 0.2) is 30.3 Å². The number of hydrogen-bond donors (Lipinski definition) is 0. The van der Waals surface area contributed by atoms with E-state index in [9.17, 15) is 13.2 Å². The summed E-state index contributed by atoms with van der Waals surface area (Å²) < 4.78 is 39.5. The van der Waals surface area contributed by atoms with Crippen molar-refractivity contribution in [2.75, 3.05) is 0 Å². The standard InChI is InChI=1S/C15H11F3N2/c1-8-3-5-10-7-12(15(16,17)18)11-6-4-9(2)20-14(11)13(10)19-8/h3-7H,1-2H3. The average molecular weight is 276 g/mol. The van der Waals surface area contributed by atoms with Crippen molar-refractivity contribution in [3.8, 4) is 0 Å². The first-order chi connectivity index (χ1) is 9.36. The molecule has 0 spiro atoms. The van der Waals surface area contributed by atoms with Gasteiger partial charge in [0.2, 0.25) is 0 Å². The molecule has 2 heterocycles. The van der Waals surface area contributed by atoms with E-state index >= 15 is 0 Å². The third kappa shape index (κ3) is 1.99. The van der Waals surface area contributed by atoms with Gasteiger partial charge in [-0.3, -0.25) is 9.97 Å². The van der Waals surface area contributed by atoms with Crippen molar-refractivity contribution in [1.82, 2.24) is 9.97 Å². The van der Waals surface area contributed by atoms with E-state index in [4.69, 9.17) is 0 Å². The lowest BCUT2D eigenvalue weighted by Crippen LogP contribution is -2.07. The third-order valence-corrected chi connectivity index (χ3v) is 3.22. The summed E-state index contributed by atoms with van der Waals surface area (Å²) in [7, 11) is 0. The maximum Gasteiger partial charge on any atom is 0.417 e. The number of benzene rings is 1. The zero-order valence-corrected chi connectivity index (χ0v) is 10.9. The summed E-state index contributed by atoms with van der Waals surface area (Å²) in [6, 6.07) is 7.53. The number of aryl methyl sites for hydroxylation is 2. The summed E-state index contributed by atoms with van der Waals surface area (Å²) >= 11 is 0. The van der Waals surface area contributed by atoms with Crippen molar-refractivity contribution >= 4 is 21.8 Å². The smallest absolute Gasteiger partial charge is 0.251 e. The molecule has 0 aliphatic rings. The van der Waals surface area contributed by atoms with Gasteiger partial charge in [0.1, 0.15) is 0 Å². The molecule has 1 aromatic carbocycles. The average Bonchev–Trinajstić information content (AvgIpc) is 2.36. The number of nitrogens with zero attached hydrogens (tertiary/aromatic N) is 2. The Labute approximate surface area is 113 Å². The molecule has 0 fully saturated rings. The monoisotopic (exact) mass is 276 g/mol. The van der Waals surface area contributed by atoms with E-state index in [0.717, 1.165) is 11.8 Å². The van der Waals surface area contributed by atoms with Crippen LogP contribution in [0.2, 0.25) is 0 Å². The van der Waals surface area contributed by atoms with Crippen LogP contribution in [-0.4, -0.2) is 9.97 Å². The summed E-state index contributed by atoms with van der Waals surface area (Å²) in [5.74, 6) is 0. The number of halogens is 3. The van der Waals surface area contributed by atoms with E-state index in [0.29, 0.717) is 22.1 Å². The van der Waals surface area contributed by atoms with Crippen LogP contribution < -0.4 is 0 Å². The highest BCUT2D eigenvalue weighted by molar-refractivity contribution is 6.04. The van der Waals surface area contributed by atoms with E-state index in [1.54, 1.807) is 32.0 Å². The first-order valence-corrected chi connectivity index (χ1v) is 6.11. The summed E-state index contributed by atoms with van der Waals surface area (Å²) in [6.45, 7) is 3.56. The molecule has 0 radical (unpaired) electrons. The molecule has 102 valence electrons. The lowest BCUT2D eigenvalue weighted by Gasteiger charge is -2.13. The molecule has 0 saturated heterocycles. The van der Waals surface area contributed by atoms with E-state index in [2.05, 4.69) is 9.97 Å². The molecule has 0 atom stereocenters. The molecule has 3 aromatic rings. The highest BCUT2D eigenvalue weighted by Crippen LogP contribution is 2.37. The summed E-state index contributed by atoms with van der Waals surface area (Å²) in [6.07, 6.45) is -4.41. The van der Waals surface area contributed by atoms with Gasteiger partial charge in [0.05, 0.1) is 16.6 Å². The van der Waals surface area contributed by atoms with Crippen molar-refractivity contribution < 1.29 is 13.2 Å². The lowest BCUT2D eigenvalue weighted by atomic mass is 10.0. The molecule has 3 rings (SSSR count). The maximum atomic E-state index is 13.2. The molecule has 0 aliphatic carbocycles. The Morgan fingerprint density at radius 2 is 1.45 bits per heavy atom. The van der Waals surface area contributed by atoms with Crippen LogP contribution in [0.25, 0.3) is 21.8 Å². The Bertz CT molecular complexity index is 823. The fourth-order valence-electron chi connectivity index (χ4n) is 2.30. The van der Waals surface area contributed by atoms with Crippen LogP contribution >= 0.6 is 0 Å². The molecule has 2 nitrogen and oxygen atoms in total. The van der Waals surface area contributed by atoms with Gasteiger partial charge in [0.15, 0.2) is 0 Å². The Morgan fingerprint density at radius 3 is 2.10 bits per heavy atom. The topological polar surface area (TPSA) is 25.8 Å². The second-order valence-electron chi connectivity index (χ2n) is 4.80. The van der Waals surface area contributed by atoms with Gasteiger partial charge < -0.3 is 0 Å². The molecule has 5 heteroatoms. The Kier molecular flexibility index (Phi) is 2.67. The van der Waals surface area contributed by atoms with Crippen LogP contribution in [-0.2, 0) is 6.18 Å². The highest BCUT2D eigenvalue weighted by Gasteiger charge is 2.33. The molecule has 2 aromatic heterocycles. The Morgan fingerprint density at radius 1 is 0.850 bits per heavy atom. The number of fused-ring (bicyclic) bond motifs is 3. The second kappa shape index (κ2) is 4.16. The molecule has 0 saturated carbocycles. The molecule has 0 amide bonds. The number of hydrogen-bond acceptors (Lipinski definition) is 2. The fraction of sp³-hybridized carbons (Fsp3) is 0.200. The summed E-state index contributed by atoms with van der Waals surface area (Å²) in [5.41, 5.74) is 1.57. The number of aromatic nitrogens is 2. The Hall–Kier alpha value is -2.17. The van der Waals surface area contributed by atoms with Crippen LogP contribution in [0.1, 0.15) is 17.0 Å². The normalized spacial score (nSPS) is 12.2. The minimum Gasteiger partial charge on any atom is -0.251 e. The van der Waals surface area contributed by atoms with Crippen LogP contribution in [0.3, 0.4) is 0 Å². The van der Waals surface area contributed by atoms with Crippen molar-refractivity contribution in [3.63, 3.8) is 0 Å². The van der Waals surface area contributed by atoms with Crippen molar-refractivity contribution in [3.05, 3.63) is 47.3 Å². The van der Waals surface area contributed by atoms with Gasteiger partial charge in [0, 0.05) is 22.2 Å². The Balaban J connectivity index is 2.55. The van der Waals surface area contributed by atoms with Gasteiger partial charge in [-0.1, -0.05) is 12.1 Å². The van der Waals surface area contributed by atoms with Crippen molar-refractivity contribution in [2.45, 2.75) is 20.0 Å². The SMILES string of the molecule is Cc1ccc2cc(C(F)(F)F)c3ccc(C)nc3c2n1. The van der Waals surface area contributed by atoms with Gasteiger partial charge in [-0.15, -0.1) is 0 Å². The van der Waals surface area contributed by atoms with Crippen molar-refractivity contribution in [2.24, 2.45) is 0 Å². The van der Waals surface area contributed by atoms with Crippen LogP contribution in [0.5, 0.6) is 0 Å². The largest absolute Gasteiger partial charge is 0.417 e. The molecular weight excluding hydrogens is 265 g/mol. The van der Waals surface area contributed by atoms with E-state index in [-0.39, 0.29) is 5.39 Å². The van der Waals surface area contributed by atoms with E-state index in [1.165, 1.54) is 6.07 Å². The zero-order chi connectivity index (χ0) is 14.5. The predicted octanol–water partition coefficient (Wildman–Crippen LogP) is 4.42. The molecule has 0 N–H and O–H groups in total. The maximum absolute atomic E-state index is 13.2. The lowest BCUT2D eigenvalue weighted by molar-refractivity contribution is -0.136. The third-order valence-electron chi connectivity index (χ3n) is 3.22. The molecule has 20 heavy (non-hydrogen) atoms. The van der Waals surface area contributed by atoms with Crippen LogP contribution in [0, 0.1) is 13.8 Å². The van der Waals surface area contributed by atoms with Gasteiger partial charge in [0.25, 0.3) is 0 Å². The highest BCUT2D eigenvalue weighted by atomic mass is 19.4. The fourth-order valence-corrected chi connectivity index (χ4v) is 2.30. The van der Waals surface area contributed by atoms with Gasteiger partial charge in [-0.05, 0) is 32.0 Å². The van der Waals surface area contributed by atoms with Gasteiger partial charge >= 0.3 is 6.18 Å². The summed E-state index contributed by atoms with van der Waals surface area (Å²) in [4.78, 5) is 8.59. The predicted molar refractivity (Wildman–Crippen MR) is 71.5 cm³/mol. The first-order valence-electron chi connectivity index (χ1n) is 6.11. The zero-order valence-electron chi connectivity index (χ0n) is 10.9. The van der Waals surface area contributed by atoms with Crippen LogP contribution in [0.4, 0.5) is 13.2 Å². The number of pyridine rings is 2. The minimum atomic E-state index is -4.41. The summed E-state index contributed by atoms with van der Waals surface area (Å²) in [5, 5.41) is 0.544. The molecule has 0 unspecified atom stereocenters. The van der Waals surface area contributed by atoms with Crippen molar-refractivity contribution in [1.29, 1.82) is 0 Å². The van der Waals surface area contributed by atoms with E-state index in [1.807, 2.05) is 0 Å². The molecular formula is C15H11F3N2. The second-order valence-corrected chi connectivity index (χ2v) is 4.80. The van der Waals surface area contributed by atoms with Gasteiger partial charge in [-0.2, -0.15) is 13.2 Å². The molecule has 0 bridgehead atoms. The number of alkyl halides is 3. The van der Waals surface area contributed by atoms with E-state index < -0.39 is 11.7 Å². The quantitative estimate of drug-likeness (QED) is 0.568.